The Balaban J connectivity index is 4.10. The second-order valence-electron chi connectivity index (χ2n) is 3.38. The van der Waals surface area contributed by atoms with Crippen molar-refractivity contribution in [2.45, 2.75) is 43.2 Å². The van der Waals surface area contributed by atoms with Crippen LogP contribution < -0.4 is 0 Å². The molecule has 0 bridgehead atoms. The van der Waals surface area contributed by atoms with E-state index in [0.29, 0.717) is 6.42 Å². The molecule has 0 aromatic carbocycles. The van der Waals surface area contributed by atoms with Crippen molar-refractivity contribution in [1.29, 1.82) is 0 Å². The first kappa shape index (κ1) is 16.5. The van der Waals surface area contributed by atoms with E-state index < -0.39 is 24.9 Å². The molecule has 0 saturated carbocycles. The molecule has 0 aromatic heterocycles. The van der Waals surface area contributed by atoms with Crippen molar-refractivity contribution in [2.75, 3.05) is 18.1 Å². The third kappa shape index (κ3) is 6.32. The Morgan fingerprint density at radius 2 is 1.44 bits per heavy atom. The predicted octanol–water partition coefficient (Wildman–Crippen LogP) is 0.284. The Hall–Kier alpha value is 0.540. The van der Waals surface area contributed by atoms with E-state index >= 15 is 0 Å². The largest absolute Gasteiger partial charge is 0.394 e. The maximum atomic E-state index is 9.70. The maximum absolute atomic E-state index is 9.70. The van der Waals surface area contributed by atoms with Crippen LogP contribution in [0.3, 0.4) is 0 Å². The van der Waals surface area contributed by atoms with Crippen LogP contribution in [0.15, 0.2) is 0 Å². The average Bonchev–Trinajstić information content (AvgIpc) is 2.27. The Morgan fingerprint density at radius 1 is 0.938 bits per heavy atom. The van der Waals surface area contributed by atoms with E-state index in [2.05, 4.69) is 0 Å². The number of rotatable bonds is 9. The molecule has 0 aromatic rings. The van der Waals surface area contributed by atoms with E-state index in [0.717, 1.165) is 11.5 Å². The summed E-state index contributed by atoms with van der Waals surface area (Å²) in [7, 11) is 0. The second kappa shape index (κ2) is 9.56. The van der Waals surface area contributed by atoms with Crippen LogP contribution in [0, 0.1) is 0 Å². The highest BCUT2D eigenvalue weighted by molar-refractivity contribution is 8.16. The van der Waals surface area contributed by atoms with Gasteiger partial charge in [-0.25, -0.2) is 0 Å². The lowest BCUT2D eigenvalue weighted by atomic mass is 10.1. The molecular formula is C10H22O4S2. The minimum Gasteiger partial charge on any atom is -0.394 e. The third-order valence-electron chi connectivity index (χ3n) is 2.11. The monoisotopic (exact) mass is 270 g/mol. The van der Waals surface area contributed by atoms with E-state index in [-0.39, 0.29) is 4.58 Å². The summed E-state index contributed by atoms with van der Waals surface area (Å²) in [5, 5.41) is 37.0. The number of aliphatic hydroxyl groups excluding tert-OH is 4. The third-order valence-corrected chi connectivity index (χ3v) is 4.73. The zero-order valence-corrected chi connectivity index (χ0v) is 11.4. The van der Waals surface area contributed by atoms with Gasteiger partial charge in [-0.05, 0) is 17.9 Å². The highest BCUT2D eigenvalue weighted by atomic mass is 32.2. The van der Waals surface area contributed by atoms with Crippen molar-refractivity contribution in [3.8, 4) is 0 Å². The van der Waals surface area contributed by atoms with Gasteiger partial charge < -0.3 is 20.4 Å². The normalized spacial score (nSPS) is 17.4. The van der Waals surface area contributed by atoms with Gasteiger partial charge in [0.25, 0.3) is 0 Å². The van der Waals surface area contributed by atoms with Gasteiger partial charge in [0.15, 0.2) is 0 Å². The van der Waals surface area contributed by atoms with Crippen LogP contribution in [0.25, 0.3) is 0 Å². The van der Waals surface area contributed by atoms with Gasteiger partial charge in [0, 0.05) is 0 Å². The van der Waals surface area contributed by atoms with E-state index in [1.165, 1.54) is 0 Å². The summed E-state index contributed by atoms with van der Waals surface area (Å²) >= 11 is 3.43. The minimum absolute atomic E-state index is 0.213. The second-order valence-corrected chi connectivity index (χ2v) is 6.64. The average molecular weight is 270 g/mol. The summed E-state index contributed by atoms with van der Waals surface area (Å²) in [6.45, 7) is 3.54. The highest BCUT2D eigenvalue weighted by Gasteiger charge is 2.26. The molecule has 98 valence electrons. The molecule has 0 fully saturated rings. The van der Waals surface area contributed by atoms with Gasteiger partial charge in [-0.3, -0.25) is 0 Å². The molecule has 6 heteroatoms. The molecule has 4 N–H and O–H groups in total. The fourth-order valence-electron chi connectivity index (χ4n) is 1.26. The van der Waals surface area contributed by atoms with Crippen molar-refractivity contribution < 1.29 is 20.4 Å². The highest BCUT2D eigenvalue weighted by Crippen LogP contribution is 2.28. The van der Waals surface area contributed by atoms with Crippen LogP contribution in [-0.2, 0) is 0 Å². The van der Waals surface area contributed by atoms with E-state index in [1.54, 1.807) is 23.5 Å². The maximum Gasteiger partial charge on any atom is 0.108 e. The van der Waals surface area contributed by atoms with Gasteiger partial charge in [-0.2, -0.15) is 0 Å². The number of hydrogen-bond donors (Lipinski definition) is 4. The molecule has 0 unspecified atom stereocenters. The quantitative estimate of drug-likeness (QED) is 0.451. The van der Waals surface area contributed by atoms with E-state index in [9.17, 15) is 15.3 Å². The van der Waals surface area contributed by atoms with Gasteiger partial charge in [-0.15, -0.1) is 23.5 Å². The zero-order valence-electron chi connectivity index (χ0n) is 9.74. The van der Waals surface area contributed by atoms with Crippen LogP contribution in [0.2, 0.25) is 0 Å². The van der Waals surface area contributed by atoms with Crippen molar-refractivity contribution in [2.24, 2.45) is 0 Å². The van der Waals surface area contributed by atoms with Crippen LogP contribution in [0.4, 0.5) is 0 Å². The van der Waals surface area contributed by atoms with Crippen LogP contribution in [0.5, 0.6) is 0 Å². The number of aliphatic hydroxyl groups is 4. The summed E-state index contributed by atoms with van der Waals surface area (Å²) in [5.74, 6) is 1.89. The SMILES string of the molecule is CCSC(C[C@@H](O)[C@@H](O)[C@H](O)CO)SCC. The summed E-state index contributed by atoms with van der Waals surface area (Å²) in [6.07, 6.45) is -3.13. The van der Waals surface area contributed by atoms with Gasteiger partial charge in [-0.1, -0.05) is 13.8 Å². The lowest BCUT2D eigenvalue weighted by molar-refractivity contribution is -0.0769. The molecule has 0 aliphatic rings. The Kier molecular flexibility index (Phi) is 9.88. The van der Waals surface area contributed by atoms with Gasteiger partial charge in [0.05, 0.1) is 17.3 Å². The first-order chi connectivity index (χ1) is 7.56. The Morgan fingerprint density at radius 3 is 1.81 bits per heavy atom. The Labute approximate surface area is 105 Å². The molecule has 3 atom stereocenters. The van der Waals surface area contributed by atoms with Gasteiger partial charge >= 0.3 is 0 Å². The van der Waals surface area contributed by atoms with E-state index in [4.69, 9.17) is 5.11 Å². The lowest BCUT2D eigenvalue weighted by Gasteiger charge is -2.24. The topological polar surface area (TPSA) is 80.9 Å². The molecule has 0 radical (unpaired) electrons. The molecule has 16 heavy (non-hydrogen) atoms. The first-order valence-corrected chi connectivity index (χ1v) is 7.54. The Bertz CT molecular complexity index is 165. The fourth-order valence-corrected chi connectivity index (χ4v) is 3.87. The van der Waals surface area contributed by atoms with Crippen LogP contribution >= 0.6 is 23.5 Å². The standard InChI is InChI=1S/C10H22O4S2/c1-3-15-9(16-4-2)5-7(12)10(14)8(13)6-11/h7-14H,3-6H2,1-2H3/t7-,8-,10-/m1/s1. The zero-order chi connectivity index (χ0) is 12.6. The molecule has 4 nitrogen and oxygen atoms in total. The molecule has 0 aliphatic carbocycles. The first-order valence-electron chi connectivity index (χ1n) is 5.45. The summed E-state index contributed by atoms with van der Waals surface area (Å²) in [6, 6.07) is 0. The molecule has 0 aliphatic heterocycles. The van der Waals surface area contributed by atoms with E-state index in [1.807, 2.05) is 13.8 Å². The van der Waals surface area contributed by atoms with Crippen LogP contribution in [-0.4, -0.2) is 61.4 Å². The minimum atomic E-state index is -1.28. The number of thioether (sulfide) groups is 2. The van der Waals surface area contributed by atoms with Crippen molar-refractivity contribution in [3.63, 3.8) is 0 Å². The predicted molar refractivity (Wildman–Crippen MR) is 69.8 cm³/mol. The molecule has 0 saturated heterocycles. The van der Waals surface area contributed by atoms with Crippen molar-refractivity contribution in [3.05, 3.63) is 0 Å². The molecule has 0 heterocycles. The van der Waals surface area contributed by atoms with Crippen molar-refractivity contribution >= 4 is 23.5 Å². The summed E-state index contributed by atoms with van der Waals surface area (Å²) < 4.78 is 0.213. The molecule has 0 rings (SSSR count). The smallest absolute Gasteiger partial charge is 0.108 e. The fraction of sp³-hybridized carbons (Fsp3) is 1.00. The van der Waals surface area contributed by atoms with Gasteiger partial charge in [0.2, 0.25) is 0 Å². The van der Waals surface area contributed by atoms with Crippen molar-refractivity contribution in [1.82, 2.24) is 0 Å². The number of hydrogen-bond acceptors (Lipinski definition) is 6. The molecule has 0 spiro atoms. The summed E-state index contributed by atoms with van der Waals surface area (Å²) in [5.41, 5.74) is 0. The summed E-state index contributed by atoms with van der Waals surface area (Å²) in [4.78, 5) is 0. The van der Waals surface area contributed by atoms with Crippen LogP contribution in [0.1, 0.15) is 20.3 Å². The molecule has 0 amide bonds. The molecular weight excluding hydrogens is 248 g/mol. The van der Waals surface area contributed by atoms with Gasteiger partial charge in [0.1, 0.15) is 12.2 Å². The lowest BCUT2D eigenvalue weighted by Crippen LogP contribution is -2.40.